The number of hydrogen-bond acceptors (Lipinski definition) is 1. The van der Waals surface area contributed by atoms with E-state index in [1.807, 2.05) is 31.2 Å². The highest BCUT2D eigenvalue weighted by Gasteiger charge is 2.10. The highest BCUT2D eigenvalue weighted by Crippen LogP contribution is 2.23. The van der Waals surface area contributed by atoms with Crippen LogP contribution in [0.4, 0.5) is 0 Å². The smallest absolute Gasteiger partial charge is 0.103 e. The lowest BCUT2D eigenvalue weighted by Crippen LogP contribution is -1.91. The van der Waals surface area contributed by atoms with Crippen LogP contribution in [0, 0.1) is 6.92 Å². The van der Waals surface area contributed by atoms with Crippen molar-refractivity contribution in [1.29, 1.82) is 0 Å². The lowest BCUT2D eigenvalue weighted by molar-refractivity contribution is 1.07. The summed E-state index contributed by atoms with van der Waals surface area (Å²) in [5.74, 6) is 0.963. The molecule has 0 saturated carbocycles. The fourth-order valence-corrected chi connectivity index (χ4v) is 2.30. The zero-order valence-electron chi connectivity index (χ0n) is 10.9. The number of aromatic amines is 1. The van der Waals surface area contributed by atoms with Crippen LogP contribution in [0.3, 0.4) is 0 Å². The van der Waals surface area contributed by atoms with Crippen molar-refractivity contribution in [3.63, 3.8) is 0 Å². The van der Waals surface area contributed by atoms with Gasteiger partial charge in [-0.3, -0.25) is 0 Å². The molecule has 0 saturated heterocycles. The van der Waals surface area contributed by atoms with Crippen LogP contribution >= 0.6 is 0 Å². The monoisotopic (exact) mass is 248 g/mol. The van der Waals surface area contributed by atoms with Crippen molar-refractivity contribution in [2.75, 3.05) is 0 Å². The summed E-state index contributed by atoms with van der Waals surface area (Å²) in [6.45, 7) is 2.00. The fourth-order valence-electron chi connectivity index (χ4n) is 2.30. The first kappa shape index (κ1) is 11.7. The summed E-state index contributed by atoms with van der Waals surface area (Å²) in [5.41, 5.74) is 4.69. The van der Waals surface area contributed by atoms with Gasteiger partial charge in [-0.15, -0.1) is 0 Å². The van der Waals surface area contributed by atoms with E-state index in [2.05, 4.69) is 46.4 Å². The van der Waals surface area contributed by atoms with Crippen LogP contribution in [0.5, 0.6) is 0 Å². The Bertz CT molecular complexity index is 654. The predicted octanol–water partition coefficient (Wildman–Crippen LogP) is 3.98. The minimum Gasteiger partial charge on any atom is -0.345 e. The Morgan fingerprint density at radius 2 is 1.53 bits per heavy atom. The van der Waals surface area contributed by atoms with Crippen LogP contribution in [0.1, 0.15) is 17.1 Å². The second-order valence-corrected chi connectivity index (χ2v) is 4.68. The maximum atomic E-state index is 4.62. The molecule has 0 atom stereocenters. The van der Waals surface area contributed by atoms with E-state index >= 15 is 0 Å². The molecule has 1 heterocycles. The van der Waals surface area contributed by atoms with Gasteiger partial charge in [-0.05, 0) is 12.5 Å². The van der Waals surface area contributed by atoms with Gasteiger partial charge < -0.3 is 4.98 Å². The minimum absolute atomic E-state index is 0.881. The molecule has 2 heteroatoms. The second-order valence-electron chi connectivity index (χ2n) is 4.68. The van der Waals surface area contributed by atoms with E-state index < -0.39 is 0 Å². The summed E-state index contributed by atoms with van der Waals surface area (Å²) in [7, 11) is 0. The van der Waals surface area contributed by atoms with Crippen molar-refractivity contribution in [2.24, 2.45) is 0 Å². The average Bonchev–Trinajstić information content (AvgIpc) is 2.82. The molecule has 0 aliphatic rings. The summed E-state index contributed by atoms with van der Waals surface area (Å²) >= 11 is 0. The SMILES string of the molecule is Cc1nc(-c2ccccc2)c(Cc2ccccc2)[nH]1. The topological polar surface area (TPSA) is 28.7 Å². The first-order valence-corrected chi connectivity index (χ1v) is 6.48. The largest absolute Gasteiger partial charge is 0.345 e. The molecule has 2 aromatic carbocycles. The third-order valence-electron chi connectivity index (χ3n) is 3.17. The van der Waals surface area contributed by atoms with Gasteiger partial charge in [0.15, 0.2) is 0 Å². The number of imidazole rings is 1. The lowest BCUT2D eigenvalue weighted by Gasteiger charge is -2.03. The van der Waals surface area contributed by atoms with E-state index in [9.17, 15) is 0 Å². The Morgan fingerprint density at radius 1 is 0.895 bits per heavy atom. The first-order chi connectivity index (χ1) is 9.33. The highest BCUT2D eigenvalue weighted by molar-refractivity contribution is 5.62. The van der Waals surface area contributed by atoms with Crippen molar-refractivity contribution in [3.05, 3.63) is 77.7 Å². The Hall–Kier alpha value is -2.35. The number of benzene rings is 2. The summed E-state index contributed by atoms with van der Waals surface area (Å²) in [5, 5.41) is 0. The maximum Gasteiger partial charge on any atom is 0.103 e. The minimum atomic E-state index is 0.881. The molecule has 3 rings (SSSR count). The Balaban J connectivity index is 1.99. The lowest BCUT2D eigenvalue weighted by atomic mass is 10.0. The van der Waals surface area contributed by atoms with Gasteiger partial charge in [-0.2, -0.15) is 0 Å². The number of aryl methyl sites for hydroxylation is 1. The molecular weight excluding hydrogens is 232 g/mol. The molecule has 0 spiro atoms. The van der Waals surface area contributed by atoms with E-state index in [-0.39, 0.29) is 0 Å². The van der Waals surface area contributed by atoms with E-state index in [0.29, 0.717) is 0 Å². The molecule has 0 aliphatic heterocycles. The van der Waals surface area contributed by atoms with Gasteiger partial charge in [-0.1, -0.05) is 60.7 Å². The van der Waals surface area contributed by atoms with E-state index in [1.165, 1.54) is 11.3 Å². The molecule has 1 N–H and O–H groups in total. The number of nitrogens with zero attached hydrogens (tertiary/aromatic N) is 1. The summed E-state index contributed by atoms with van der Waals surface area (Å²) in [4.78, 5) is 8.00. The van der Waals surface area contributed by atoms with Crippen LogP contribution in [-0.2, 0) is 6.42 Å². The van der Waals surface area contributed by atoms with Crippen molar-refractivity contribution in [2.45, 2.75) is 13.3 Å². The predicted molar refractivity (Wildman–Crippen MR) is 78.0 cm³/mol. The second kappa shape index (κ2) is 5.11. The van der Waals surface area contributed by atoms with Gasteiger partial charge in [0.05, 0.1) is 5.69 Å². The van der Waals surface area contributed by atoms with E-state index in [0.717, 1.165) is 23.5 Å². The number of hydrogen-bond donors (Lipinski definition) is 1. The molecule has 0 amide bonds. The molecule has 1 aromatic heterocycles. The van der Waals surface area contributed by atoms with Crippen LogP contribution in [0.2, 0.25) is 0 Å². The maximum absolute atomic E-state index is 4.62. The van der Waals surface area contributed by atoms with Crippen molar-refractivity contribution in [1.82, 2.24) is 9.97 Å². The standard InChI is InChI=1S/C17H16N2/c1-13-18-16(12-14-8-4-2-5-9-14)17(19-13)15-10-6-3-7-11-15/h2-11H,12H2,1H3,(H,18,19). The molecule has 3 aromatic rings. The van der Waals surface area contributed by atoms with Crippen LogP contribution < -0.4 is 0 Å². The highest BCUT2D eigenvalue weighted by atomic mass is 14.9. The molecule has 94 valence electrons. The fraction of sp³-hybridized carbons (Fsp3) is 0.118. The van der Waals surface area contributed by atoms with Crippen molar-refractivity contribution in [3.8, 4) is 11.3 Å². The molecule has 0 unspecified atom stereocenters. The molecule has 2 nitrogen and oxygen atoms in total. The quantitative estimate of drug-likeness (QED) is 0.746. The molecule has 19 heavy (non-hydrogen) atoms. The van der Waals surface area contributed by atoms with Gasteiger partial charge in [0, 0.05) is 17.7 Å². The molecule has 0 aliphatic carbocycles. The van der Waals surface area contributed by atoms with Gasteiger partial charge in [-0.25, -0.2) is 4.98 Å². The molecule has 0 radical (unpaired) electrons. The Kier molecular flexibility index (Phi) is 3.15. The summed E-state index contributed by atoms with van der Waals surface area (Å²) in [6, 6.07) is 20.8. The average molecular weight is 248 g/mol. The van der Waals surface area contributed by atoms with Crippen molar-refractivity contribution >= 4 is 0 Å². The van der Waals surface area contributed by atoms with Gasteiger partial charge in [0.2, 0.25) is 0 Å². The van der Waals surface area contributed by atoms with Gasteiger partial charge in [0.1, 0.15) is 5.82 Å². The number of H-pyrrole nitrogens is 1. The number of rotatable bonds is 3. The van der Waals surface area contributed by atoms with E-state index in [4.69, 9.17) is 0 Å². The Labute approximate surface area is 113 Å². The molecular formula is C17H16N2. The van der Waals surface area contributed by atoms with Gasteiger partial charge in [0.25, 0.3) is 0 Å². The number of aromatic nitrogens is 2. The molecule has 0 bridgehead atoms. The first-order valence-electron chi connectivity index (χ1n) is 6.48. The van der Waals surface area contributed by atoms with Crippen LogP contribution in [0.15, 0.2) is 60.7 Å². The zero-order chi connectivity index (χ0) is 13.1. The number of nitrogens with one attached hydrogen (secondary N) is 1. The van der Waals surface area contributed by atoms with Crippen LogP contribution in [-0.4, -0.2) is 9.97 Å². The zero-order valence-corrected chi connectivity index (χ0v) is 10.9. The third-order valence-corrected chi connectivity index (χ3v) is 3.17. The summed E-state index contributed by atoms with van der Waals surface area (Å²) < 4.78 is 0. The van der Waals surface area contributed by atoms with Gasteiger partial charge >= 0.3 is 0 Å². The Morgan fingerprint density at radius 3 is 2.21 bits per heavy atom. The molecule has 0 fully saturated rings. The van der Waals surface area contributed by atoms with E-state index in [1.54, 1.807) is 0 Å². The van der Waals surface area contributed by atoms with Crippen LogP contribution in [0.25, 0.3) is 11.3 Å². The normalized spacial score (nSPS) is 10.6. The van der Waals surface area contributed by atoms with Crippen molar-refractivity contribution < 1.29 is 0 Å². The third kappa shape index (κ3) is 2.58. The summed E-state index contributed by atoms with van der Waals surface area (Å²) in [6.07, 6.45) is 0.881.